The van der Waals surface area contributed by atoms with Crippen molar-refractivity contribution < 1.29 is 0 Å². The molecule has 6 aliphatic rings. The average Bonchev–Trinajstić information content (AvgIpc) is 3.80. The number of hydrogen-bond donors (Lipinski definition) is 0. The largest absolute Gasteiger partial charge is 0.309 e. The highest BCUT2D eigenvalue weighted by molar-refractivity contribution is 7.03. The standard InChI is InChI=1S/C54H44ClNSi/c1-57(2)52-11-7-6-10-44(52)47-31-41(16-21-53(47)57)56-50-19-13-35(34-8-4-3-5-9-34)27-45(50)46-28-36(14-20-51(46)56)37-12-17-42-43-18-15-40(55)30-49(43)54(48(42)29-37)38-23-32-22-33(25-38)26-39(54)24-32/h3-21,27-33,38-39H,22-26H2,1-2H3. The summed E-state index contributed by atoms with van der Waals surface area (Å²) in [6, 6.07) is 55.9. The predicted octanol–water partition coefficient (Wildman–Crippen LogP) is 13.3. The van der Waals surface area contributed by atoms with E-state index in [9.17, 15) is 0 Å². The average molecular weight is 770 g/mol. The summed E-state index contributed by atoms with van der Waals surface area (Å²) in [5.74, 6) is 3.21. The highest BCUT2D eigenvalue weighted by Crippen LogP contribution is 2.69. The summed E-state index contributed by atoms with van der Waals surface area (Å²) in [5.41, 5.74) is 17.7. The van der Waals surface area contributed by atoms with Crippen LogP contribution in [0.15, 0.2) is 146 Å². The fraction of sp³-hybridized carbons (Fsp3) is 0.222. The lowest BCUT2D eigenvalue weighted by Gasteiger charge is -2.61. The Labute approximate surface area is 341 Å². The number of nitrogens with zero attached hydrogens (tertiary/aromatic N) is 1. The fourth-order valence-corrected chi connectivity index (χ4v) is 16.7. The quantitative estimate of drug-likeness (QED) is 0.158. The second-order valence-corrected chi connectivity index (χ2v) is 23.5. The van der Waals surface area contributed by atoms with Crippen LogP contribution in [0.2, 0.25) is 18.1 Å². The molecule has 1 nitrogen and oxygen atoms in total. The number of hydrogen-bond acceptors (Lipinski definition) is 0. The SMILES string of the molecule is C[Si]1(C)c2ccccc2-c2cc(-n3c4ccc(-c5ccccc5)cc4c4cc(-c5ccc6c(c5)C5(c7cc(Cl)ccc7-6)C6CC7CC(C6)CC5C7)ccc43)ccc21. The van der Waals surface area contributed by atoms with E-state index < -0.39 is 8.07 Å². The third kappa shape index (κ3) is 4.36. The Morgan fingerprint density at radius 3 is 1.79 bits per heavy atom. The zero-order chi connectivity index (χ0) is 37.8. The van der Waals surface area contributed by atoms with Gasteiger partial charge in [-0.1, -0.05) is 116 Å². The Bertz CT molecular complexity index is 2990. The summed E-state index contributed by atoms with van der Waals surface area (Å²) in [6.07, 6.45) is 6.92. The Kier molecular flexibility index (Phi) is 6.63. The summed E-state index contributed by atoms with van der Waals surface area (Å²) >= 11 is 6.85. The molecule has 0 saturated heterocycles. The number of halogens is 1. The lowest BCUT2D eigenvalue weighted by Crippen LogP contribution is -2.55. The van der Waals surface area contributed by atoms with Gasteiger partial charge in [0.25, 0.3) is 0 Å². The first-order chi connectivity index (χ1) is 27.9. The summed E-state index contributed by atoms with van der Waals surface area (Å²) in [5, 5.41) is 6.57. The summed E-state index contributed by atoms with van der Waals surface area (Å²) in [6.45, 7) is 5.00. The Balaban J connectivity index is 1.01. The van der Waals surface area contributed by atoms with Gasteiger partial charge in [-0.3, -0.25) is 0 Å². The molecule has 1 aromatic heterocycles. The van der Waals surface area contributed by atoms with E-state index in [1.165, 1.54) is 110 Å². The molecule has 57 heavy (non-hydrogen) atoms. The molecule has 4 bridgehead atoms. The van der Waals surface area contributed by atoms with Gasteiger partial charge in [-0.15, -0.1) is 0 Å². The van der Waals surface area contributed by atoms with Crippen LogP contribution in [-0.2, 0) is 5.41 Å². The number of benzene rings is 7. The molecular weight excluding hydrogens is 726 g/mol. The van der Waals surface area contributed by atoms with Gasteiger partial charge in [-0.25, -0.2) is 0 Å². The van der Waals surface area contributed by atoms with E-state index in [2.05, 4.69) is 163 Å². The van der Waals surface area contributed by atoms with Crippen molar-refractivity contribution >= 4 is 51.9 Å². The lowest BCUT2D eigenvalue weighted by molar-refractivity contribution is -0.0399. The first-order valence-electron chi connectivity index (χ1n) is 21.2. The van der Waals surface area contributed by atoms with Crippen molar-refractivity contribution in [2.75, 3.05) is 0 Å². The van der Waals surface area contributed by atoms with Gasteiger partial charge in [0.05, 0.1) is 11.0 Å². The number of aromatic nitrogens is 1. The molecule has 0 N–H and O–H groups in total. The third-order valence-electron chi connectivity index (χ3n) is 15.6. The monoisotopic (exact) mass is 769 g/mol. The van der Waals surface area contributed by atoms with Crippen molar-refractivity contribution in [2.45, 2.75) is 50.6 Å². The molecule has 0 amide bonds. The zero-order valence-corrected chi connectivity index (χ0v) is 34.3. The van der Waals surface area contributed by atoms with E-state index in [1.807, 2.05) is 0 Å². The molecule has 0 radical (unpaired) electrons. The van der Waals surface area contributed by atoms with Gasteiger partial charge in [0.1, 0.15) is 8.07 Å². The fourth-order valence-electron chi connectivity index (χ4n) is 13.5. The van der Waals surface area contributed by atoms with Crippen LogP contribution in [0.25, 0.3) is 72.0 Å². The van der Waals surface area contributed by atoms with Crippen LogP contribution in [-0.4, -0.2) is 12.6 Å². The number of rotatable bonds is 3. The second-order valence-electron chi connectivity index (χ2n) is 18.7. The van der Waals surface area contributed by atoms with Crippen molar-refractivity contribution in [3.05, 3.63) is 162 Å². The van der Waals surface area contributed by atoms with Gasteiger partial charge in [0.15, 0.2) is 0 Å². The van der Waals surface area contributed by atoms with Gasteiger partial charge in [0, 0.05) is 26.9 Å². The van der Waals surface area contributed by atoms with E-state index >= 15 is 0 Å². The van der Waals surface area contributed by atoms with Gasteiger partial charge in [0.2, 0.25) is 0 Å². The van der Waals surface area contributed by atoms with Crippen LogP contribution < -0.4 is 10.4 Å². The number of fused-ring (bicyclic) bond motifs is 9. The Morgan fingerprint density at radius 2 is 1.07 bits per heavy atom. The molecule has 1 aliphatic heterocycles. The molecule has 3 heteroatoms. The molecule has 4 saturated carbocycles. The third-order valence-corrected chi connectivity index (χ3v) is 19.4. The van der Waals surface area contributed by atoms with Crippen molar-refractivity contribution in [3.8, 4) is 50.2 Å². The molecule has 2 heterocycles. The minimum atomic E-state index is -1.76. The minimum Gasteiger partial charge on any atom is -0.309 e. The van der Waals surface area contributed by atoms with Crippen LogP contribution in [0, 0.1) is 23.7 Å². The molecule has 5 aliphatic carbocycles. The van der Waals surface area contributed by atoms with E-state index in [1.54, 1.807) is 15.9 Å². The van der Waals surface area contributed by atoms with Crippen LogP contribution in [0.4, 0.5) is 0 Å². The predicted molar refractivity (Wildman–Crippen MR) is 242 cm³/mol. The van der Waals surface area contributed by atoms with Crippen molar-refractivity contribution in [3.63, 3.8) is 0 Å². The molecule has 7 aromatic carbocycles. The van der Waals surface area contributed by atoms with Gasteiger partial charge < -0.3 is 4.57 Å². The Morgan fingerprint density at radius 1 is 0.491 bits per heavy atom. The molecule has 8 aromatic rings. The molecule has 276 valence electrons. The van der Waals surface area contributed by atoms with Crippen LogP contribution in [0.5, 0.6) is 0 Å². The summed E-state index contributed by atoms with van der Waals surface area (Å²) in [7, 11) is -1.76. The van der Waals surface area contributed by atoms with E-state index in [0.29, 0.717) is 11.8 Å². The summed E-state index contributed by atoms with van der Waals surface area (Å²) in [4.78, 5) is 0. The molecule has 4 fully saturated rings. The molecule has 1 spiro atoms. The molecule has 14 rings (SSSR count). The van der Waals surface area contributed by atoms with Crippen LogP contribution >= 0.6 is 11.6 Å². The van der Waals surface area contributed by atoms with Crippen molar-refractivity contribution in [2.24, 2.45) is 23.7 Å². The van der Waals surface area contributed by atoms with E-state index in [4.69, 9.17) is 11.6 Å². The minimum absolute atomic E-state index is 0.0767. The van der Waals surface area contributed by atoms with Gasteiger partial charge >= 0.3 is 0 Å². The lowest BCUT2D eigenvalue weighted by atomic mass is 9.43. The molecule has 0 unspecified atom stereocenters. The normalized spacial score (nSPS) is 24.3. The van der Waals surface area contributed by atoms with Crippen LogP contribution in [0.3, 0.4) is 0 Å². The Hall–Kier alpha value is -5.15. The van der Waals surface area contributed by atoms with E-state index in [0.717, 1.165) is 16.9 Å². The summed E-state index contributed by atoms with van der Waals surface area (Å²) < 4.78 is 2.52. The van der Waals surface area contributed by atoms with E-state index in [-0.39, 0.29) is 5.41 Å². The maximum absolute atomic E-state index is 6.85. The first-order valence-corrected chi connectivity index (χ1v) is 24.6. The maximum Gasteiger partial charge on any atom is 0.113 e. The van der Waals surface area contributed by atoms with Gasteiger partial charge in [-0.2, -0.15) is 0 Å². The second kappa shape index (κ2) is 11.5. The highest BCUT2D eigenvalue weighted by Gasteiger charge is 2.61. The zero-order valence-electron chi connectivity index (χ0n) is 32.5. The smallest absolute Gasteiger partial charge is 0.113 e. The topological polar surface area (TPSA) is 4.93 Å². The van der Waals surface area contributed by atoms with Crippen molar-refractivity contribution in [1.29, 1.82) is 0 Å². The van der Waals surface area contributed by atoms with Gasteiger partial charge in [-0.05, 0) is 176 Å². The van der Waals surface area contributed by atoms with Crippen LogP contribution in [0.1, 0.15) is 43.2 Å². The molecular formula is C54H44ClNSi. The first kappa shape index (κ1) is 32.9. The maximum atomic E-state index is 6.85. The van der Waals surface area contributed by atoms with Crippen molar-refractivity contribution in [1.82, 2.24) is 4.57 Å². The molecule has 0 atom stereocenters. The highest BCUT2D eigenvalue weighted by atomic mass is 35.5.